The predicted molar refractivity (Wildman–Crippen MR) is 116 cm³/mol. The molecule has 1 aliphatic rings. The summed E-state index contributed by atoms with van der Waals surface area (Å²) in [6.07, 6.45) is 2.82. The number of nitrogens with zero attached hydrogens (tertiary/aromatic N) is 3. The number of hydrogen-bond acceptors (Lipinski definition) is 7. The lowest BCUT2D eigenvalue weighted by Gasteiger charge is -2.24. The van der Waals surface area contributed by atoms with Crippen molar-refractivity contribution in [2.24, 2.45) is 0 Å². The number of cyclic esters (lactones) is 1. The van der Waals surface area contributed by atoms with Gasteiger partial charge in [-0.25, -0.2) is 4.98 Å². The van der Waals surface area contributed by atoms with Crippen molar-refractivity contribution in [3.05, 3.63) is 51.8 Å². The van der Waals surface area contributed by atoms with Gasteiger partial charge in [0.2, 0.25) is 5.95 Å². The van der Waals surface area contributed by atoms with Crippen molar-refractivity contribution in [3.8, 4) is 0 Å². The number of nitrogens with one attached hydrogen (secondary N) is 3. The molecule has 0 aliphatic carbocycles. The molecule has 0 amide bonds. The molecule has 1 atom stereocenters. The summed E-state index contributed by atoms with van der Waals surface area (Å²) in [6, 6.07) is 6.05. The molecule has 0 saturated carbocycles. The fourth-order valence-electron chi connectivity index (χ4n) is 3.59. The number of aromatic amines is 1. The SMILES string of the molecule is Cc1cc(Nc2nc(Nc3cc(C)c(C4CCOC(=O)C4)cc3C)ncc2Cl)n[nH]1. The number of carbonyl (C=O) groups is 1. The van der Waals surface area contributed by atoms with Crippen molar-refractivity contribution >= 4 is 40.8 Å². The minimum absolute atomic E-state index is 0.132. The number of rotatable bonds is 5. The van der Waals surface area contributed by atoms with Crippen LogP contribution in [0.3, 0.4) is 0 Å². The van der Waals surface area contributed by atoms with Crippen molar-refractivity contribution in [1.82, 2.24) is 20.2 Å². The number of carbonyl (C=O) groups excluding carboxylic acids is 1. The molecule has 0 bridgehead atoms. The molecule has 4 rings (SSSR count). The smallest absolute Gasteiger partial charge is 0.306 e. The van der Waals surface area contributed by atoms with E-state index in [9.17, 15) is 4.79 Å². The first-order chi connectivity index (χ1) is 14.4. The zero-order valence-electron chi connectivity index (χ0n) is 17.0. The van der Waals surface area contributed by atoms with E-state index in [4.69, 9.17) is 16.3 Å². The van der Waals surface area contributed by atoms with Crippen molar-refractivity contribution in [2.45, 2.75) is 39.5 Å². The summed E-state index contributed by atoms with van der Waals surface area (Å²) in [4.78, 5) is 20.4. The molecule has 9 heteroatoms. The van der Waals surface area contributed by atoms with Gasteiger partial charge in [0.05, 0.1) is 19.2 Å². The Hall–Kier alpha value is -3.13. The number of anilines is 4. The topological polar surface area (TPSA) is 105 Å². The molecule has 8 nitrogen and oxygen atoms in total. The number of H-pyrrole nitrogens is 1. The Balaban J connectivity index is 1.56. The number of aromatic nitrogens is 4. The van der Waals surface area contributed by atoms with Crippen LogP contribution in [0.5, 0.6) is 0 Å². The van der Waals surface area contributed by atoms with E-state index in [1.165, 1.54) is 5.56 Å². The van der Waals surface area contributed by atoms with Crippen LogP contribution in [0.4, 0.5) is 23.3 Å². The summed E-state index contributed by atoms with van der Waals surface area (Å²) < 4.78 is 5.08. The average Bonchev–Trinajstić information content (AvgIpc) is 3.11. The highest BCUT2D eigenvalue weighted by atomic mass is 35.5. The maximum atomic E-state index is 11.7. The molecule has 1 saturated heterocycles. The molecule has 156 valence electrons. The Morgan fingerprint density at radius 1 is 1.17 bits per heavy atom. The van der Waals surface area contributed by atoms with Gasteiger partial charge in [-0.15, -0.1) is 0 Å². The van der Waals surface area contributed by atoms with Gasteiger partial charge in [0.25, 0.3) is 0 Å². The highest BCUT2D eigenvalue weighted by Crippen LogP contribution is 2.34. The van der Waals surface area contributed by atoms with Crippen molar-refractivity contribution < 1.29 is 9.53 Å². The Labute approximate surface area is 179 Å². The Bertz CT molecular complexity index is 1100. The van der Waals surface area contributed by atoms with Crippen LogP contribution in [0.1, 0.15) is 41.1 Å². The quantitative estimate of drug-likeness (QED) is 0.508. The molecule has 3 N–H and O–H groups in total. The van der Waals surface area contributed by atoms with E-state index in [0.717, 1.165) is 28.9 Å². The standard InChI is InChI=1S/C21H23ClN6O2/c1-11-7-17(12(2)6-15(11)14-4-5-30-19(29)9-14)24-21-23-10-16(22)20(26-21)25-18-8-13(3)27-28-18/h6-8,10,14H,4-5,9H2,1-3H3,(H3,23,24,25,26,27,28). The lowest BCUT2D eigenvalue weighted by atomic mass is 9.87. The van der Waals surface area contributed by atoms with E-state index in [2.05, 4.69) is 49.9 Å². The molecule has 30 heavy (non-hydrogen) atoms. The zero-order valence-corrected chi connectivity index (χ0v) is 17.8. The van der Waals surface area contributed by atoms with Crippen LogP contribution in [0, 0.1) is 20.8 Å². The molecule has 3 heterocycles. The molecule has 1 aromatic carbocycles. The fourth-order valence-corrected chi connectivity index (χ4v) is 3.73. The predicted octanol–water partition coefficient (Wildman–Crippen LogP) is 4.69. The minimum Gasteiger partial charge on any atom is -0.466 e. The molecule has 3 aromatic rings. The average molecular weight is 427 g/mol. The van der Waals surface area contributed by atoms with Crippen LogP contribution in [-0.4, -0.2) is 32.7 Å². The second kappa shape index (κ2) is 8.31. The van der Waals surface area contributed by atoms with Crippen LogP contribution < -0.4 is 10.6 Å². The number of halogens is 1. The van der Waals surface area contributed by atoms with Gasteiger partial charge < -0.3 is 15.4 Å². The molecule has 2 aromatic heterocycles. The Kier molecular flexibility index (Phi) is 5.59. The van der Waals surface area contributed by atoms with Crippen LogP contribution in [-0.2, 0) is 9.53 Å². The summed E-state index contributed by atoms with van der Waals surface area (Å²) in [7, 11) is 0. The Morgan fingerprint density at radius 2 is 2.00 bits per heavy atom. The number of ether oxygens (including phenoxy) is 1. The van der Waals surface area contributed by atoms with Crippen LogP contribution in [0.2, 0.25) is 5.02 Å². The number of aryl methyl sites for hydroxylation is 3. The lowest BCUT2D eigenvalue weighted by molar-refractivity contribution is -0.147. The van der Waals surface area contributed by atoms with Crippen LogP contribution >= 0.6 is 11.6 Å². The van der Waals surface area contributed by atoms with E-state index < -0.39 is 0 Å². The maximum Gasteiger partial charge on any atom is 0.306 e. The summed E-state index contributed by atoms with van der Waals surface area (Å²) in [5, 5.41) is 13.8. The van der Waals surface area contributed by atoms with Crippen LogP contribution in [0.15, 0.2) is 24.4 Å². The van der Waals surface area contributed by atoms with Crippen LogP contribution in [0.25, 0.3) is 0 Å². The van der Waals surface area contributed by atoms with E-state index >= 15 is 0 Å². The molecule has 0 spiro atoms. The van der Waals surface area contributed by atoms with Gasteiger partial charge in [0.1, 0.15) is 5.02 Å². The highest BCUT2D eigenvalue weighted by Gasteiger charge is 2.24. The third-order valence-electron chi connectivity index (χ3n) is 5.14. The maximum absolute atomic E-state index is 11.7. The monoisotopic (exact) mass is 426 g/mol. The highest BCUT2D eigenvalue weighted by molar-refractivity contribution is 6.32. The number of hydrogen-bond donors (Lipinski definition) is 3. The van der Waals surface area contributed by atoms with Crippen molar-refractivity contribution in [2.75, 3.05) is 17.2 Å². The summed E-state index contributed by atoms with van der Waals surface area (Å²) in [6.45, 7) is 6.47. The van der Waals surface area contributed by atoms with Gasteiger partial charge in [0.15, 0.2) is 11.6 Å². The number of esters is 1. The summed E-state index contributed by atoms with van der Waals surface area (Å²) in [5.41, 5.74) is 5.17. The number of benzene rings is 1. The van der Waals surface area contributed by atoms with Gasteiger partial charge in [-0.05, 0) is 55.9 Å². The van der Waals surface area contributed by atoms with Gasteiger partial charge in [-0.3, -0.25) is 9.89 Å². The largest absolute Gasteiger partial charge is 0.466 e. The molecule has 1 aliphatic heterocycles. The fraction of sp³-hybridized carbons (Fsp3) is 0.333. The first-order valence-corrected chi connectivity index (χ1v) is 10.1. The minimum atomic E-state index is -0.132. The Morgan fingerprint density at radius 3 is 2.73 bits per heavy atom. The van der Waals surface area contributed by atoms with E-state index in [1.807, 2.05) is 19.9 Å². The first-order valence-electron chi connectivity index (χ1n) is 9.74. The van der Waals surface area contributed by atoms with E-state index in [1.54, 1.807) is 6.20 Å². The molecule has 1 unspecified atom stereocenters. The second-order valence-corrected chi connectivity index (χ2v) is 7.92. The normalized spacial score (nSPS) is 16.3. The van der Waals surface area contributed by atoms with E-state index in [0.29, 0.717) is 35.6 Å². The van der Waals surface area contributed by atoms with E-state index in [-0.39, 0.29) is 11.9 Å². The third-order valence-corrected chi connectivity index (χ3v) is 5.41. The molecule has 0 radical (unpaired) electrons. The zero-order chi connectivity index (χ0) is 21.3. The van der Waals surface area contributed by atoms with Gasteiger partial charge in [-0.2, -0.15) is 10.1 Å². The molecular weight excluding hydrogens is 404 g/mol. The summed E-state index contributed by atoms with van der Waals surface area (Å²) >= 11 is 6.24. The molecular formula is C21H23ClN6O2. The molecule has 1 fully saturated rings. The van der Waals surface area contributed by atoms with Crippen molar-refractivity contribution in [1.29, 1.82) is 0 Å². The second-order valence-electron chi connectivity index (χ2n) is 7.51. The van der Waals surface area contributed by atoms with Crippen molar-refractivity contribution in [3.63, 3.8) is 0 Å². The van der Waals surface area contributed by atoms with Gasteiger partial charge in [-0.1, -0.05) is 17.7 Å². The lowest BCUT2D eigenvalue weighted by Crippen LogP contribution is -2.20. The summed E-state index contributed by atoms with van der Waals surface area (Å²) in [5.74, 6) is 1.57. The first kappa shape index (κ1) is 20.2. The third kappa shape index (κ3) is 4.38. The van der Waals surface area contributed by atoms with Gasteiger partial charge in [0, 0.05) is 17.4 Å². The van der Waals surface area contributed by atoms with Gasteiger partial charge >= 0.3 is 5.97 Å².